The van der Waals surface area contributed by atoms with Crippen LogP contribution < -0.4 is 5.32 Å². The van der Waals surface area contributed by atoms with Crippen molar-refractivity contribution in [1.82, 2.24) is 5.32 Å². The Morgan fingerprint density at radius 1 is 1.50 bits per heavy atom. The highest BCUT2D eigenvalue weighted by Gasteiger charge is 2.22. The van der Waals surface area contributed by atoms with Crippen LogP contribution in [0.1, 0.15) is 38.8 Å². The van der Waals surface area contributed by atoms with E-state index in [2.05, 4.69) is 21.2 Å². The first-order valence-electron chi connectivity index (χ1n) is 6.11. The predicted octanol–water partition coefficient (Wildman–Crippen LogP) is 3.74. The fourth-order valence-electron chi connectivity index (χ4n) is 1.60. The quantitative estimate of drug-likeness (QED) is 0.845. The minimum Gasteiger partial charge on any atom is -0.444 e. The molecule has 0 saturated heterocycles. The van der Waals surface area contributed by atoms with Crippen molar-refractivity contribution in [3.05, 3.63) is 34.1 Å². The smallest absolute Gasteiger partial charge is 0.408 e. The fraction of sp³-hybridized carbons (Fsp3) is 0.429. The van der Waals surface area contributed by atoms with E-state index >= 15 is 0 Å². The van der Waals surface area contributed by atoms with Crippen molar-refractivity contribution in [2.75, 3.05) is 0 Å². The Morgan fingerprint density at radius 2 is 2.15 bits per heavy atom. The molecule has 4 nitrogen and oxygen atoms in total. The minimum absolute atomic E-state index is 0.0351. The largest absolute Gasteiger partial charge is 0.444 e. The Morgan fingerprint density at radius 3 is 2.70 bits per heavy atom. The summed E-state index contributed by atoms with van der Waals surface area (Å²) in [6.45, 7) is 5.17. The zero-order chi connectivity index (χ0) is 15.3. The Hall–Kier alpha value is -1.43. The van der Waals surface area contributed by atoms with E-state index in [1.807, 2.05) is 0 Å². The molecule has 1 aromatic rings. The molecule has 0 aliphatic rings. The molecule has 1 aromatic carbocycles. The number of alkyl carbamates (subject to hydrolysis) is 1. The van der Waals surface area contributed by atoms with E-state index in [0.717, 1.165) is 0 Å². The summed E-state index contributed by atoms with van der Waals surface area (Å²) in [4.78, 5) is 22.5. The van der Waals surface area contributed by atoms with E-state index in [4.69, 9.17) is 4.74 Å². The molecule has 0 aliphatic carbocycles. The van der Waals surface area contributed by atoms with Crippen LogP contribution >= 0.6 is 15.9 Å². The number of halogens is 2. The first kappa shape index (κ1) is 16.6. The number of amides is 1. The summed E-state index contributed by atoms with van der Waals surface area (Å²) in [5, 5.41) is 2.51. The predicted molar refractivity (Wildman–Crippen MR) is 76.9 cm³/mol. The number of benzene rings is 1. The molecule has 0 radical (unpaired) electrons. The van der Waals surface area contributed by atoms with Gasteiger partial charge in [0.15, 0.2) is 0 Å². The van der Waals surface area contributed by atoms with Gasteiger partial charge in [-0.3, -0.25) is 0 Å². The van der Waals surface area contributed by atoms with Crippen LogP contribution in [0.2, 0.25) is 0 Å². The molecular weight excluding hydrogens is 329 g/mol. The molecular formula is C14H17BrFNO3. The molecule has 1 amide bonds. The van der Waals surface area contributed by atoms with Crippen LogP contribution in [-0.2, 0) is 9.53 Å². The van der Waals surface area contributed by atoms with Gasteiger partial charge >= 0.3 is 6.09 Å². The zero-order valence-corrected chi connectivity index (χ0v) is 13.2. The third kappa shape index (κ3) is 4.92. The third-order valence-corrected chi connectivity index (χ3v) is 2.99. The van der Waals surface area contributed by atoms with Gasteiger partial charge in [0.25, 0.3) is 0 Å². The van der Waals surface area contributed by atoms with Crippen LogP contribution in [0, 0.1) is 5.82 Å². The van der Waals surface area contributed by atoms with Crippen molar-refractivity contribution in [3.8, 4) is 0 Å². The molecule has 0 saturated carbocycles. The number of nitrogens with one attached hydrogen (secondary N) is 1. The summed E-state index contributed by atoms with van der Waals surface area (Å²) in [5.74, 6) is -0.504. The van der Waals surface area contributed by atoms with Gasteiger partial charge in [0.05, 0.1) is 10.5 Å². The monoisotopic (exact) mass is 345 g/mol. The van der Waals surface area contributed by atoms with Crippen molar-refractivity contribution in [2.24, 2.45) is 0 Å². The number of hydrogen-bond acceptors (Lipinski definition) is 3. The van der Waals surface area contributed by atoms with Crippen LogP contribution in [0.3, 0.4) is 0 Å². The lowest BCUT2D eigenvalue weighted by molar-refractivity contribution is -0.108. The van der Waals surface area contributed by atoms with Crippen LogP contribution in [0.4, 0.5) is 9.18 Å². The van der Waals surface area contributed by atoms with Gasteiger partial charge in [0.2, 0.25) is 0 Å². The van der Waals surface area contributed by atoms with E-state index in [1.165, 1.54) is 6.07 Å². The lowest BCUT2D eigenvalue weighted by Crippen LogP contribution is -2.35. The second-order valence-corrected chi connectivity index (χ2v) is 6.10. The molecule has 0 aliphatic heterocycles. The molecule has 1 rings (SSSR count). The Labute approximate surface area is 125 Å². The fourth-order valence-corrected chi connectivity index (χ4v) is 1.98. The van der Waals surface area contributed by atoms with Gasteiger partial charge in [-0.05, 0) is 42.8 Å². The van der Waals surface area contributed by atoms with Crippen LogP contribution in [-0.4, -0.2) is 18.0 Å². The molecule has 1 N–H and O–H groups in total. The van der Waals surface area contributed by atoms with Gasteiger partial charge in [-0.1, -0.05) is 12.1 Å². The maximum atomic E-state index is 14.0. The summed E-state index contributed by atoms with van der Waals surface area (Å²) >= 11 is 3.07. The third-order valence-electron chi connectivity index (χ3n) is 2.38. The second-order valence-electron chi connectivity index (χ2n) is 5.24. The molecule has 0 aromatic heterocycles. The van der Waals surface area contributed by atoms with Crippen molar-refractivity contribution in [3.63, 3.8) is 0 Å². The van der Waals surface area contributed by atoms with E-state index in [-0.39, 0.29) is 16.5 Å². The van der Waals surface area contributed by atoms with Crippen molar-refractivity contribution in [2.45, 2.75) is 38.8 Å². The van der Waals surface area contributed by atoms with E-state index in [1.54, 1.807) is 32.9 Å². The molecule has 110 valence electrons. The number of aldehydes is 1. The van der Waals surface area contributed by atoms with E-state index < -0.39 is 23.6 Å². The first-order chi connectivity index (χ1) is 9.24. The number of carbonyl (C=O) groups excluding carboxylic acids is 2. The van der Waals surface area contributed by atoms with Gasteiger partial charge in [-0.15, -0.1) is 0 Å². The normalized spacial score (nSPS) is 12.7. The number of carbonyl (C=O) groups is 2. The summed E-state index contributed by atoms with van der Waals surface area (Å²) in [5.41, 5.74) is -0.427. The zero-order valence-electron chi connectivity index (χ0n) is 11.6. The number of hydrogen-bond donors (Lipinski definition) is 1. The van der Waals surface area contributed by atoms with Crippen LogP contribution in [0.15, 0.2) is 22.7 Å². The molecule has 0 bridgehead atoms. The van der Waals surface area contributed by atoms with Gasteiger partial charge in [-0.25, -0.2) is 9.18 Å². The lowest BCUT2D eigenvalue weighted by atomic mass is 10.0. The Balaban J connectivity index is 2.92. The highest BCUT2D eigenvalue weighted by molar-refractivity contribution is 9.10. The van der Waals surface area contributed by atoms with Gasteiger partial charge < -0.3 is 14.8 Å². The maximum absolute atomic E-state index is 14.0. The summed E-state index contributed by atoms with van der Waals surface area (Å²) in [7, 11) is 0. The molecule has 20 heavy (non-hydrogen) atoms. The highest BCUT2D eigenvalue weighted by Crippen LogP contribution is 2.25. The summed E-state index contributed by atoms with van der Waals surface area (Å²) in [6, 6.07) is 3.94. The number of ether oxygens (including phenoxy) is 1. The topological polar surface area (TPSA) is 55.4 Å². The highest BCUT2D eigenvalue weighted by atomic mass is 79.9. The van der Waals surface area contributed by atoms with Crippen molar-refractivity contribution in [1.29, 1.82) is 0 Å². The molecule has 6 heteroatoms. The molecule has 1 atom stereocenters. The van der Waals surface area contributed by atoms with Gasteiger partial charge in [0, 0.05) is 12.0 Å². The van der Waals surface area contributed by atoms with Gasteiger partial charge in [-0.2, -0.15) is 0 Å². The van der Waals surface area contributed by atoms with Crippen molar-refractivity contribution < 1.29 is 18.7 Å². The summed E-state index contributed by atoms with van der Waals surface area (Å²) in [6.07, 6.45) is -0.0987. The molecule has 0 fully saturated rings. The second kappa shape index (κ2) is 6.83. The summed E-state index contributed by atoms with van der Waals surface area (Å²) < 4.78 is 19.4. The maximum Gasteiger partial charge on any atom is 0.408 e. The first-order valence-corrected chi connectivity index (χ1v) is 6.91. The average Bonchev–Trinajstić information content (AvgIpc) is 2.30. The molecule has 0 heterocycles. The number of rotatable bonds is 4. The molecule has 0 unspecified atom stereocenters. The lowest BCUT2D eigenvalue weighted by Gasteiger charge is -2.23. The van der Waals surface area contributed by atoms with E-state index in [0.29, 0.717) is 6.29 Å². The minimum atomic E-state index is -0.764. The van der Waals surface area contributed by atoms with Crippen LogP contribution in [0.25, 0.3) is 0 Å². The Bertz CT molecular complexity index is 500. The van der Waals surface area contributed by atoms with Gasteiger partial charge in [0.1, 0.15) is 17.7 Å². The van der Waals surface area contributed by atoms with Crippen LogP contribution in [0.5, 0.6) is 0 Å². The van der Waals surface area contributed by atoms with Crippen molar-refractivity contribution >= 4 is 28.3 Å². The standard InChI is InChI=1S/C14H17BrFNO3/c1-14(2,3)20-13(19)17-11(7-8-18)9-5-4-6-10(15)12(9)16/h4-6,8,11H,7H2,1-3H3,(H,17,19)/t11-/m1/s1. The SMILES string of the molecule is CC(C)(C)OC(=O)N[C@H](CC=O)c1cccc(Br)c1F. The van der Waals surface area contributed by atoms with E-state index in [9.17, 15) is 14.0 Å². The average molecular weight is 346 g/mol. The molecule has 0 spiro atoms. The Kier molecular flexibility index (Phi) is 5.68.